The molecule has 1 amide bonds. The Kier molecular flexibility index (Phi) is 11.7. The predicted molar refractivity (Wildman–Crippen MR) is 93.4 cm³/mol. The molecule has 6 heteroatoms. The number of unbranched alkanes of at least 4 members (excludes halogenated alkanes) is 4. The Bertz CT molecular complexity index is 370. The van der Waals surface area contributed by atoms with E-state index >= 15 is 0 Å². The van der Waals surface area contributed by atoms with Crippen molar-refractivity contribution < 1.29 is 24.5 Å². The Morgan fingerprint density at radius 1 is 1.08 bits per heavy atom. The molecule has 6 nitrogen and oxygen atoms in total. The lowest BCUT2D eigenvalue weighted by Crippen LogP contribution is -2.48. The number of carbonyl (C=O) groups excluding carboxylic acids is 2. The van der Waals surface area contributed by atoms with Gasteiger partial charge >= 0.3 is 5.97 Å². The topological polar surface area (TPSA) is 95.9 Å². The lowest BCUT2D eigenvalue weighted by Gasteiger charge is -2.25. The van der Waals surface area contributed by atoms with Crippen molar-refractivity contribution in [3.05, 3.63) is 0 Å². The first kappa shape index (κ1) is 22.9. The molecule has 0 spiro atoms. The van der Waals surface area contributed by atoms with Crippen LogP contribution in [0.25, 0.3) is 0 Å². The molecule has 2 unspecified atom stereocenters. The van der Waals surface area contributed by atoms with E-state index in [2.05, 4.69) is 12.2 Å². The zero-order valence-electron chi connectivity index (χ0n) is 15.6. The zero-order chi connectivity index (χ0) is 18.6. The second-order valence-corrected chi connectivity index (χ2v) is 7.03. The minimum Gasteiger partial charge on any atom is -0.467 e. The van der Waals surface area contributed by atoms with E-state index in [9.17, 15) is 19.8 Å². The van der Waals surface area contributed by atoms with Gasteiger partial charge in [0.25, 0.3) is 0 Å². The van der Waals surface area contributed by atoms with Crippen molar-refractivity contribution in [2.24, 2.45) is 5.41 Å². The summed E-state index contributed by atoms with van der Waals surface area (Å²) in [6, 6.07) is -0.803. The van der Waals surface area contributed by atoms with Crippen LogP contribution in [0.3, 0.4) is 0 Å². The molecule has 0 radical (unpaired) electrons. The zero-order valence-corrected chi connectivity index (χ0v) is 15.6. The summed E-state index contributed by atoms with van der Waals surface area (Å²) < 4.78 is 4.72. The van der Waals surface area contributed by atoms with Gasteiger partial charge in [-0.1, -0.05) is 39.0 Å². The SMILES string of the molecule is CCCCCCCC(O)CCC(NC(=O)C(C)(C)CO)C(=O)OC. The molecule has 0 aromatic heterocycles. The summed E-state index contributed by atoms with van der Waals surface area (Å²) in [7, 11) is 1.27. The monoisotopic (exact) mass is 345 g/mol. The van der Waals surface area contributed by atoms with Gasteiger partial charge in [-0.2, -0.15) is 0 Å². The van der Waals surface area contributed by atoms with Gasteiger partial charge in [0.1, 0.15) is 6.04 Å². The fourth-order valence-electron chi connectivity index (χ4n) is 2.30. The van der Waals surface area contributed by atoms with E-state index in [-0.39, 0.29) is 6.61 Å². The molecule has 0 saturated carbocycles. The molecule has 0 saturated heterocycles. The van der Waals surface area contributed by atoms with Gasteiger partial charge in [0.15, 0.2) is 0 Å². The standard InChI is InChI=1S/C18H35NO5/c1-5-6-7-8-9-10-14(21)11-12-15(16(22)24-4)19-17(23)18(2,3)13-20/h14-15,20-21H,5-13H2,1-4H3,(H,19,23). The average Bonchev–Trinajstić information content (AvgIpc) is 2.57. The highest BCUT2D eigenvalue weighted by Gasteiger charge is 2.31. The molecule has 0 rings (SSSR count). The minimum absolute atomic E-state index is 0.312. The van der Waals surface area contributed by atoms with Crippen LogP contribution in [0.5, 0.6) is 0 Å². The van der Waals surface area contributed by atoms with Crippen molar-refractivity contribution in [2.45, 2.75) is 84.3 Å². The molecule has 0 aliphatic carbocycles. The van der Waals surface area contributed by atoms with Gasteiger partial charge in [-0.05, 0) is 33.1 Å². The van der Waals surface area contributed by atoms with E-state index in [1.807, 2.05) is 0 Å². The van der Waals surface area contributed by atoms with E-state index in [0.717, 1.165) is 12.8 Å². The molecule has 24 heavy (non-hydrogen) atoms. The number of nitrogens with one attached hydrogen (secondary N) is 1. The Labute approximate surface area is 146 Å². The van der Waals surface area contributed by atoms with Crippen molar-refractivity contribution in [1.82, 2.24) is 5.32 Å². The highest BCUT2D eigenvalue weighted by Crippen LogP contribution is 2.16. The first-order valence-corrected chi connectivity index (χ1v) is 8.96. The number of aliphatic hydroxyl groups excluding tert-OH is 2. The summed E-state index contributed by atoms with van der Waals surface area (Å²) in [6.45, 7) is 5.05. The third kappa shape index (κ3) is 9.23. The lowest BCUT2D eigenvalue weighted by molar-refractivity contribution is -0.147. The Morgan fingerprint density at radius 2 is 1.71 bits per heavy atom. The van der Waals surface area contributed by atoms with Crippen LogP contribution in [0.15, 0.2) is 0 Å². The summed E-state index contributed by atoms with van der Waals surface area (Å²) in [6.07, 6.45) is 6.61. The average molecular weight is 345 g/mol. The number of aliphatic hydroxyl groups is 2. The molecule has 0 aromatic carbocycles. The number of methoxy groups -OCH3 is 1. The molecular formula is C18H35NO5. The van der Waals surface area contributed by atoms with Crippen LogP contribution in [0.1, 0.15) is 72.1 Å². The summed E-state index contributed by atoms with van der Waals surface area (Å²) in [5.41, 5.74) is -0.968. The van der Waals surface area contributed by atoms with Crippen LogP contribution in [-0.4, -0.2) is 48.0 Å². The summed E-state index contributed by atoms with van der Waals surface area (Å²) in [5.74, 6) is -0.943. The van der Waals surface area contributed by atoms with Gasteiger partial charge in [0.05, 0.1) is 25.2 Å². The van der Waals surface area contributed by atoms with Gasteiger partial charge in [0, 0.05) is 0 Å². The molecule has 0 aliphatic heterocycles. The normalized spacial score (nSPS) is 14.1. The molecular weight excluding hydrogens is 310 g/mol. The molecule has 0 heterocycles. The molecule has 3 N–H and O–H groups in total. The number of hydrogen-bond acceptors (Lipinski definition) is 5. The highest BCUT2D eigenvalue weighted by molar-refractivity contribution is 5.87. The van der Waals surface area contributed by atoms with Crippen LogP contribution < -0.4 is 5.32 Å². The number of carbonyl (C=O) groups is 2. The fourth-order valence-corrected chi connectivity index (χ4v) is 2.30. The molecule has 2 atom stereocenters. The molecule has 0 aromatic rings. The third-order valence-electron chi connectivity index (χ3n) is 4.23. The van der Waals surface area contributed by atoms with Crippen LogP contribution >= 0.6 is 0 Å². The van der Waals surface area contributed by atoms with Crippen molar-refractivity contribution in [2.75, 3.05) is 13.7 Å². The molecule has 0 fully saturated rings. The van der Waals surface area contributed by atoms with Gasteiger partial charge in [-0.25, -0.2) is 4.79 Å². The van der Waals surface area contributed by atoms with Crippen LogP contribution in [0.2, 0.25) is 0 Å². The number of ether oxygens (including phenoxy) is 1. The Morgan fingerprint density at radius 3 is 2.25 bits per heavy atom. The van der Waals surface area contributed by atoms with Crippen molar-refractivity contribution in [3.63, 3.8) is 0 Å². The number of amides is 1. The highest BCUT2D eigenvalue weighted by atomic mass is 16.5. The quantitative estimate of drug-likeness (QED) is 0.351. The smallest absolute Gasteiger partial charge is 0.328 e. The van der Waals surface area contributed by atoms with Gasteiger partial charge in [-0.15, -0.1) is 0 Å². The van der Waals surface area contributed by atoms with E-state index in [1.54, 1.807) is 13.8 Å². The van der Waals surface area contributed by atoms with Gasteiger partial charge < -0.3 is 20.3 Å². The maximum Gasteiger partial charge on any atom is 0.328 e. The Hall–Kier alpha value is -1.14. The van der Waals surface area contributed by atoms with E-state index in [1.165, 1.54) is 26.4 Å². The van der Waals surface area contributed by atoms with Crippen molar-refractivity contribution >= 4 is 11.9 Å². The van der Waals surface area contributed by atoms with Crippen molar-refractivity contribution in [1.29, 1.82) is 0 Å². The number of hydrogen-bond donors (Lipinski definition) is 3. The maximum atomic E-state index is 12.1. The first-order chi connectivity index (χ1) is 11.3. The second-order valence-electron chi connectivity index (χ2n) is 7.03. The van der Waals surface area contributed by atoms with Crippen LogP contribution in [-0.2, 0) is 14.3 Å². The van der Waals surface area contributed by atoms with Gasteiger partial charge in [0.2, 0.25) is 5.91 Å². The summed E-state index contributed by atoms with van der Waals surface area (Å²) in [5, 5.41) is 21.9. The largest absolute Gasteiger partial charge is 0.467 e. The second kappa shape index (κ2) is 12.3. The molecule has 142 valence electrons. The van der Waals surface area contributed by atoms with E-state index < -0.39 is 29.4 Å². The number of esters is 1. The van der Waals surface area contributed by atoms with E-state index in [4.69, 9.17) is 4.74 Å². The fraction of sp³-hybridized carbons (Fsp3) is 0.889. The third-order valence-corrected chi connectivity index (χ3v) is 4.23. The van der Waals surface area contributed by atoms with Gasteiger partial charge in [-0.3, -0.25) is 4.79 Å². The van der Waals surface area contributed by atoms with Crippen molar-refractivity contribution in [3.8, 4) is 0 Å². The maximum absolute atomic E-state index is 12.1. The summed E-state index contributed by atoms with van der Waals surface area (Å²) >= 11 is 0. The Balaban J connectivity index is 4.34. The molecule has 0 bridgehead atoms. The van der Waals surface area contributed by atoms with Crippen LogP contribution in [0.4, 0.5) is 0 Å². The lowest BCUT2D eigenvalue weighted by atomic mass is 9.93. The summed E-state index contributed by atoms with van der Waals surface area (Å²) in [4.78, 5) is 23.9. The van der Waals surface area contributed by atoms with Crippen LogP contribution in [0, 0.1) is 5.41 Å². The first-order valence-electron chi connectivity index (χ1n) is 8.96. The minimum atomic E-state index is -0.968. The molecule has 0 aliphatic rings. The van der Waals surface area contributed by atoms with E-state index in [0.29, 0.717) is 19.3 Å². The number of rotatable bonds is 13. The predicted octanol–water partition coefficient (Wildman–Crippen LogP) is 2.16.